The van der Waals surface area contributed by atoms with Gasteiger partial charge >= 0.3 is 5.97 Å². The van der Waals surface area contributed by atoms with Crippen molar-refractivity contribution >= 4 is 11.7 Å². The molecule has 120 valence electrons. The van der Waals surface area contributed by atoms with E-state index in [1.54, 1.807) is 0 Å². The third kappa shape index (κ3) is 3.23. The first-order chi connectivity index (χ1) is 11.0. The second-order valence-electron chi connectivity index (χ2n) is 5.77. The van der Waals surface area contributed by atoms with Crippen LogP contribution in [0.3, 0.4) is 0 Å². The van der Waals surface area contributed by atoms with Crippen LogP contribution in [0.25, 0.3) is 0 Å². The molecule has 1 atom stereocenters. The number of aliphatic carboxylic acids is 1. The highest BCUT2D eigenvalue weighted by atomic mass is 16.7. The minimum Gasteiger partial charge on any atom is -0.481 e. The summed E-state index contributed by atoms with van der Waals surface area (Å²) >= 11 is 0. The smallest absolute Gasteiger partial charge is 0.311 e. The van der Waals surface area contributed by atoms with Crippen molar-refractivity contribution in [1.29, 1.82) is 0 Å². The summed E-state index contributed by atoms with van der Waals surface area (Å²) in [5.74, 6) is -0.0576. The molecule has 0 bridgehead atoms. The summed E-state index contributed by atoms with van der Waals surface area (Å²) in [6, 6.07) is 13.2. The number of carboxylic acids is 1. The number of carboxylic acid groups (broad SMARTS) is 1. The van der Waals surface area contributed by atoms with Crippen molar-refractivity contribution in [3.8, 4) is 11.5 Å². The summed E-state index contributed by atoms with van der Waals surface area (Å²) in [5.41, 5.74) is 2.69. The van der Waals surface area contributed by atoms with Crippen LogP contribution in [-0.4, -0.2) is 32.0 Å². The van der Waals surface area contributed by atoms with E-state index in [2.05, 4.69) is 0 Å². The number of carbonyl (C=O) groups is 1. The molecule has 0 spiro atoms. The number of anilines is 1. The molecule has 23 heavy (non-hydrogen) atoms. The van der Waals surface area contributed by atoms with Crippen molar-refractivity contribution < 1.29 is 19.4 Å². The third-order valence-electron chi connectivity index (χ3n) is 3.96. The average molecular weight is 313 g/mol. The van der Waals surface area contributed by atoms with E-state index in [9.17, 15) is 9.90 Å². The van der Waals surface area contributed by atoms with Gasteiger partial charge in [-0.25, -0.2) is 0 Å². The second kappa shape index (κ2) is 6.20. The van der Waals surface area contributed by atoms with Gasteiger partial charge in [0.1, 0.15) is 0 Å². The van der Waals surface area contributed by atoms with Gasteiger partial charge in [0.25, 0.3) is 0 Å². The molecular formula is C18H19NO4. The van der Waals surface area contributed by atoms with E-state index in [1.165, 1.54) is 0 Å². The van der Waals surface area contributed by atoms with Crippen LogP contribution in [0.4, 0.5) is 5.69 Å². The van der Waals surface area contributed by atoms with E-state index in [-0.39, 0.29) is 6.79 Å². The van der Waals surface area contributed by atoms with Crippen LogP contribution in [-0.2, 0) is 11.2 Å². The molecule has 2 aromatic rings. The number of nitrogens with zero attached hydrogens (tertiary/aromatic N) is 1. The number of benzene rings is 2. The van der Waals surface area contributed by atoms with Crippen LogP contribution in [0.2, 0.25) is 0 Å². The third-order valence-corrected chi connectivity index (χ3v) is 3.96. The van der Waals surface area contributed by atoms with Crippen LogP contribution in [0.1, 0.15) is 17.0 Å². The molecule has 0 saturated heterocycles. The molecule has 1 N–H and O–H groups in total. The van der Waals surface area contributed by atoms with E-state index < -0.39 is 11.9 Å². The lowest BCUT2D eigenvalue weighted by Crippen LogP contribution is -2.16. The Labute approximate surface area is 135 Å². The molecule has 0 aromatic heterocycles. The van der Waals surface area contributed by atoms with Gasteiger partial charge in [-0.05, 0) is 41.8 Å². The van der Waals surface area contributed by atoms with Crippen molar-refractivity contribution in [2.24, 2.45) is 0 Å². The number of rotatable bonds is 5. The average Bonchev–Trinajstić information content (AvgIpc) is 3.00. The van der Waals surface area contributed by atoms with Gasteiger partial charge in [0, 0.05) is 19.8 Å². The molecule has 0 aliphatic carbocycles. The molecule has 0 amide bonds. The minimum absolute atomic E-state index is 0.214. The monoisotopic (exact) mass is 313 g/mol. The molecule has 1 heterocycles. The minimum atomic E-state index is -0.835. The standard InChI is InChI=1S/C18H19NO4/c1-19(2)14-5-3-4-13(10-14)15(18(20)21)8-12-6-7-16-17(9-12)23-11-22-16/h3-7,9-10,15H,8,11H2,1-2H3,(H,20,21). The van der Waals surface area contributed by atoms with Gasteiger partial charge in [0.05, 0.1) is 5.92 Å². The fourth-order valence-electron chi connectivity index (χ4n) is 2.67. The first kappa shape index (κ1) is 15.2. The summed E-state index contributed by atoms with van der Waals surface area (Å²) in [7, 11) is 3.87. The molecule has 3 rings (SSSR count). The highest BCUT2D eigenvalue weighted by Gasteiger charge is 2.22. The van der Waals surface area contributed by atoms with Crippen LogP contribution in [0, 0.1) is 0 Å². The van der Waals surface area contributed by atoms with Crippen LogP contribution in [0.5, 0.6) is 11.5 Å². The zero-order chi connectivity index (χ0) is 16.4. The Bertz CT molecular complexity index is 727. The molecule has 5 nitrogen and oxygen atoms in total. The number of fused-ring (bicyclic) bond motifs is 1. The van der Waals surface area contributed by atoms with E-state index in [0.29, 0.717) is 17.9 Å². The second-order valence-corrected chi connectivity index (χ2v) is 5.77. The molecule has 0 saturated carbocycles. The number of hydrogen-bond acceptors (Lipinski definition) is 4. The predicted molar refractivity (Wildman–Crippen MR) is 87.4 cm³/mol. The molecule has 1 unspecified atom stereocenters. The van der Waals surface area contributed by atoms with Crippen LogP contribution < -0.4 is 14.4 Å². The van der Waals surface area contributed by atoms with Gasteiger partial charge in [-0.1, -0.05) is 18.2 Å². The Kier molecular flexibility index (Phi) is 4.10. The normalized spacial score (nSPS) is 13.7. The fraction of sp³-hybridized carbons (Fsp3) is 0.278. The maximum atomic E-state index is 11.7. The quantitative estimate of drug-likeness (QED) is 0.920. The number of ether oxygens (including phenoxy) is 2. The molecule has 1 aliphatic heterocycles. The zero-order valence-electron chi connectivity index (χ0n) is 13.2. The first-order valence-electron chi connectivity index (χ1n) is 7.43. The lowest BCUT2D eigenvalue weighted by atomic mass is 9.91. The van der Waals surface area contributed by atoms with Gasteiger partial charge in [-0.3, -0.25) is 4.79 Å². The number of hydrogen-bond donors (Lipinski definition) is 1. The summed E-state index contributed by atoms with van der Waals surface area (Å²) in [5, 5.41) is 9.64. The zero-order valence-corrected chi connectivity index (χ0v) is 13.2. The van der Waals surface area contributed by atoms with Crippen molar-refractivity contribution in [1.82, 2.24) is 0 Å². The van der Waals surface area contributed by atoms with Crippen LogP contribution in [0.15, 0.2) is 42.5 Å². The van der Waals surface area contributed by atoms with Crippen LogP contribution >= 0.6 is 0 Å². The van der Waals surface area contributed by atoms with Gasteiger partial charge in [0.15, 0.2) is 11.5 Å². The highest BCUT2D eigenvalue weighted by Crippen LogP contribution is 2.34. The Morgan fingerprint density at radius 3 is 2.70 bits per heavy atom. The Balaban J connectivity index is 1.87. The summed E-state index contributed by atoms with van der Waals surface area (Å²) in [6.45, 7) is 0.214. The molecule has 5 heteroatoms. The Hall–Kier alpha value is -2.69. The van der Waals surface area contributed by atoms with Gasteiger partial charge in [-0.15, -0.1) is 0 Å². The summed E-state index contributed by atoms with van der Waals surface area (Å²) in [4.78, 5) is 13.7. The Morgan fingerprint density at radius 2 is 1.96 bits per heavy atom. The maximum absolute atomic E-state index is 11.7. The Morgan fingerprint density at radius 1 is 1.17 bits per heavy atom. The van der Waals surface area contributed by atoms with Crippen molar-refractivity contribution in [2.75, 3.05) is 25.8 Å². The fourth-order valence-corrected chi connectivity index (χ4v) is 2.67. The SMILES string of the molecule is CN(C)c1cccc(C(Cc2ccc3c(c2)OCO3)C(=O)O)c1. The maximum Gasteiger partial charge on any atom is 0.311 e. The van der Waals surface area contributed by atoms with Gasteiger partial charge in [0.2, 0.25) is 6.79 Å². The topological polar surface area (TPSA) is 59.0 Å². The molecule has 0 radical (unpaired) electrons. The van der Waals surface area contributed by atoms with Crippen molar-refractivity contribution in [2.45, 2.75) is 12.3 Å². The summed E-state index contributed by atoms with van der Waals surface area (Å²) in [6.07, 6.45) is 0.406. The van der Waals surface area contributed by atoms with E-state index in [0.717, 1.165) is 16.8 Å². The van der Waals surface area contributed by atoms with Crippen molar-refractivity contribution in [3.63, 3.8) is 0 Å². The van der Waals surface area contributed by atoms with E-state index >= 15 is 0 Å². The van der Waals surface area contributed by atoms with Gasteiger partial charge in [-0.2, -0.15) is 0 Å². The lowest BCUT2D eigenvalue weighted by Gasteiger charge is -2.17. The molecular weight excluding hydrogens is 294 g/mol. The first-order valence-corrected chi connectivity index (χ1v) is 7.43. The highest BCUT2D eigenvalue weighted by molar-refractivity contribution is 5.77. The molecule has 1 aliphatic rings. The predicted octanol–water partition coefficient (Wildman–Crippen LogP) is 2.89. The molecule has 0 fully saturated rings. The van der Waals surface area contributed by atoms with E-state index in [1.807, 2.05) is 61.5 Å². The van der Waals surface area contributed by atoms with E-state index in [4.69, 9.17) is 9.47 Å². The van der Waals surface area contributed by atoms with Crippen molar-refractivity contribution in [3.05, 3.63) is 53.6 Å². The largest absolute Gasteiger partial charge is 0.481 e. The summed E-state index contributed by atoms with van der Waals surface area (Å²) < 4.78 is 10.6. The van der Waals surface area contributed by atoms with Gasteiger partial charge < -0.3 is 19.5 Å². The molecule has 2 aromatic carbocycles. The lowest BCUT2D eigenvalue weighted by molar-refractivity contribution is -0.138.